The van der Waals surface area contributed by atoms with E-state index >= 15 is 0 Å². The van der Waals surface area contributed by atoms with E-state index in [1.165, 1.54) is 16.3 Å². The lowest BCUT2D eigenvalue weighted by molar-refractivity contribution is 0.971. The number of aromatic nitrogens is 2. The predicted molar refractivity (Wildman–Crippen MR) is 73.2 cm³/mol. The minimum absolute atomic E-state index is 0.503. The van der Waals surface area contributed by atoms with E-state index in [2.05, 4.69) is 52.4 Å². The average molecular weight is 237 g/mol. The lowest BCUT2D eigenvalue weighted by Crippen LogP contribution is -1.97. The van der Waals surface area contributed by atoms with Crippen LogP contribution in [0.3, 0.4) is 0 Å². The summed E-state index contributed by atoms with van der Waals surface area (Å²) >= 11 is 0. The van der Waals surface area contributed by atoms with Crippen LogP contribution in [0.4, 0.5) is 0 Å². The van der Waals surface area contributed by atoms with E-state index in [1.807, 2.05) is 0 Å². The molecule has 18 heavy (non-hydrogen) atoms. The van der Waals surface area contributed by atoms with Crippen molar-refractivity contribution in [2.75, 3.05) is 0 Å². The maximum Gasteiger partial charge on any atom is 0.110 e. The molecule has 90 valence electrons. The Morgan fingerprint density at radius 3 is 2.72 bits per heavy atom. The SMILES string of the molecule is NCc1cnc(Cc2cccc3ccccc23)[nH]1. The molecule has 0 spiro atoms. The quantitative estimate of drug-likeness (QED) is 0.735. The van der Waals surface area contributed by atoms with Crippen LogP contribution in [0.1, 0.15) is 17.1 Å². The molecule has 0 radical (unpaired) electrons. The maximum absolute atomic E-state index is 5.58. The summed E-state index contributed by atoms with van der Waals surface area (Å²) in [5, 5.41) is 2.55. The summed E-state index contributed by atoms with van der Waals surface area (Å²) in [4.78, 5) is 7.59. The van der Waals surface area contributed by atoms with E-state index in [4.69, 9.17) is 5.73 Å². The zero-order chi connectivity index (χ0) is 12.4. The molecule has 0 aliphatic heterocycles. The molecule has 0 saturated heterocycles. The summed E-state index contributed by atoms with van der Waals surface area (Å²) in [5.74, 6) is 0.965. The molecule has 0 saturated carbocycles. The number of nitrogens with two attached hydrogens (primary N) is 1. The number of imidazole rings is 1. The predicted octanol–water partition coefficient (Wildman–Crippen LogP) is 2.61. The molecule has 0 atom stereocenters. The number of hydrogen-bond acceptors (Lipinski definition) is 2. The van der Waals surface area contributed by atoms with E-state index in [0.29, 0.717) is 6.54 Å². The van der Waals surface area contributed by atoms with E-state index in [9.17, 15) is 0 Å². The Bertz CT molecular complexity index is 665. The van der Waals surface area contributed by atoms with Gasteiger partial charge in [-0.25, -0.2) is 4.98 Å². The molecule has 0 unspecified atom stereocenters. The number of fused-ring (bicyclic) bond motifs is 1. The second kappa shape index (κ2) is 4.63. The highest BCUT2D eigenvalue weighted by Crippen LogP contribution is 2.20. The first kappa shape index (κ1) is 11.0. The highest BCUT2D eigenvalue weighted by Gasteiger charge is 2.04. The zero-order valence-electron chi connectivity index (χ0n) is 10.1. The van der Waals surface area contributed by atoms with Crippen LogP contribution in [-0.4, -0.2) is 9.97 Å². The number of benzene rings is 2. The van der Waals surface area contributed by atoms with E-state index in [-0.39, 0.29) is 0 Å². The van der Waals surface area contributed by atoms with Gasteiger partial charge in [0, 0.05) is 24.9 Å². The summed E-state index contributed by atoms with van der Waals surface area (Å²) in [7, 11) is 0. The maximum atomic E-state index is 5.58. The highest BCUT2D eigenvalue weighted by atomic mass is 14.9. The Morgan fingerprint density at radius 2 is 1.89 bits per heavy atom. The molecule has 3 nitrogen and oxygen atoms in total. The van der Waals surface area contributed by atoms with Crippen LogP contribution < -0.4 is 5.73 Å². The first-order valence-electron chi connectivity index (χ1n) is 6.06. The smallest absolute Gasteiger partial charge is 0.110 e. The fraction of sp³-hybridized carbons (Fsp3) is 0.133. The molecule has 2 aromatic carbocycles. The fourth-order valence-electron chi connectivity index (χ4n) is 2.23. The van der Waals surface area contributed by atoms with Gasteiger partial charge in [-0.05, 0) is 16.3 Å². The van der Waals surface area contributed by atoms with Crippen LogP contribution in [0.15, 0.2) is 48.7 Å². The van der Waals surface area contributed by atoms with Gasteiger partial charge in [-0.1, -0.05) is 42.5 Å². The van der Waals surface area contributed by atoms with Crippen molar-refractivity contribution in [1.29, 1.82) is 0 Å². The normalized spacial score (nSPS) is 10.9. The Hall–Kier alpha value is -2.13. The Balaban J connectivity index is 1.99. The van der Waals surface area contributed by atoms with Crippen molar-refractivity contribution in [3.8, 4) is 0 Å². The molecule has 3 heteroatoms. The minimum Gasteiger partial charge on any atom is -0.345 e. The molecule has 0 aliphatic rings. The van der Waals surface area contributed by atoms with Crippen LogP contribution in [0.25, 0.3) is 10.8 Å². The summed E-state index contributed by atoms with van der Waals surface area (Å²) in [5.41, 5.74) is 7.84. The highest BCUT2D eigenvalue weighted by molar-refractivity contribution is 5.85. The van der Waals surface area contributed by atoms with Crippen LogP contribution in [0.5, 0.6) is 0 Å². The standard InChI is InChI=1S/C15H15N3/c16-9-13-10-17-15(18-13)8-12-6-3-5-11-4-1-2-7-14(11)12/h1-7,10H,8-9,16H2,(H,17,18). The van der Waals surface area contributed by atoms with Crippen LogP contribution >= 0.6 is 0 Å². The van der Waals surface area contributed by atoms with Crippen molar-refractivity contribution in [2.45, 2.75) is 13.0 Å². The molecule has 3 N–H and O–H groups in total. The molecular weight excluding hydrogens is 222 g/mol. The summed E-state index contributed by atoms with van der Waals surface area (Å²) in [6.07, 6.45) is 2.61. The molecule has 3 rings (SSSR count). The van der Waals surface area contributed by atoms with Gasteiger partial charge in [-0.15, -0.1) is 0 Å². The second-order valence-corrected chi connectivity index (χ2v) is 4.37. The van der Waals surface area contributed by atoms with Crippen LogP contribution in [-0.2, 0) is 13.0 Å². The van der Waals surface area contributed by atoms with Gasteiger partial charge < -0.3 is 10.7 Å². The van der Waals surface area contributed by atoms with Crippen molar-refractivity contribution >= 4 is 10.8 Å². The van der Waals surface area contributed by atoms with Gasteiger partial charge in [0.2, 0.25) is 0 Å². The van der Waals surface area contributed by atoms with Gasteiger partial charge in [0.25, 0.3) is 0 Å². The second-order valence-electron chi connectivity index (χ2n) is 4.37. The third kappa shape index (κ3) is 2.00. The Kier molecular flexibility index (Phi) is 2.82. The van der Waals surface area contributed by atoms with Gasteiger partial charge in [0.05, 0.1) is 0 Å². The van der Waals surface area contributed by atoms with Crippen LogP contribution in [0, 0.1) is 0 Å². The van der Waals surface area contributed by atoms with Crippen molar-refractivity contribution in [1.82, 2.24) is 9.97 Å². The molecule has 3 aromatic rings. The van der Waals surface area contributed by atoms with E-state index in [0.717, 1.165) is 17.9 Å². The van der Waals surface area contributed by atoms with E-state index in [1.54, 1.807) is 6.20 Å². The number of aromatic amines is 1. The summed E-state index contributed by atoms with van der Waals surface area (Å²) < 4.78 is 0. The number of nitrogens with zero attached hydrogens (tertiary/aromatic N) is 1. The van der Waals surface area contributed by atoms with Gasteiger partial charge in [0.1, 0.15) is 5.82 Å². The molecular formula is C15H15N3. The Morgan fingerprint density at radius 1 is 1.06 bits per heavy atom. The van der Waals surface area contributed by atoms with Gasteiger partial charge >= 0.3 is 0 Å². The minimum atomic E-state index is 0.503. The average Bonchev–Trinajstić information content (AvgIpc) is 2.87. The van der Waals surface area contributed by atoms with Crippen molar-refractivity contribution in [3.63, 3.8) is 0 Å². The number of hydrogen-bond donors (Lipinski definition) is 2. The van der Waals surface area contributed by atoms with Crippen molar-refractivity contribution < 1.29 is 0 Å². The molecule has 0 bridgehead atoms. The monoisotopic (exact) mass is 237 g/mol. The molecule has 0 amide bonds. The van der Waals surface area contributed by atoms with Crippen molar-refractivity contribution in [3.05, 3.63) is 65.7 Å². The summed E-state index contributed by atoms with van der Waals surface area (Å²) in [6.45, 7) is 0.503. The third-order valence-electron chi connectivity index (χ3n) is 3.14. The first-order valence-corrected chi connectivity index (χ1v) is 6.06. The number of H-pyrrole nitrogens is 1. The molecule has 0 fully saturated rings. The zero-order valence-corrected chi connectivity index (χ0v) is 10.1. The van der Waals surface area contributed by atoms with Gasteiger partial charge in [0.15, 0.2) is 0 Å². The molecule has 1 aromatic heterocycles. The van der Waals surface area contributed by atoms with Crippen molar-refractivity contribution in [2.24, 2.45) is 5.73 Å². The summed E-state index contributed by atoms with van der Waals surface area (Å²) in [6, 6.07) is 14.8. The lowest BCUT2D eigenvalue weighted by Gasteiger charge is -2.04. The topological polar surface area (TPSA) is 54.7 Å². The largest absolute Gasteiger partial charge is 0.345 e. The van der Waals surface area contributed by atoms with E-state index < -0.39 is 0 Å². The lowest BCUT2D eigenvalue weighted by atomic mass is 10.0. The van der Waals surface area contributed by atoms with Gasteiger partial charge in [-0.3, -0.25) is 0 Å². The van der Waals surface area contributed by atoms with Gasteiger partial charge in [-0.2, -0.15) is 0 Å². The first-order chi connectivity index (χ1) is 8.86. The number of rotatable bonds is 3. The van der Waals surface area contributed by atoms with Crippen LogP contribution in [0.2, 0.25) is 0 Å². The number of nitrogens with one attached hydrogen (secondary N) is 1. The molecule has 1 heterocycles. The fourth-order valence-corrected chi connectivity index (χ4v) is 2.23. The molecule has 0 aliphatic carbocycles. The third-order valence-corrected chi connectivity index (χ3v) is 3.14. The Labute approximate surface area is 106 Å².